The minimum Gasteiger partial charge on any atom is -0.323 e. The smallest absolute Gasteiger partial charge is 0.241 e. The second-order valence-corrected chi connectivity index (χ2v) is 4.48. The normalized spacial score (nSPS) is 11.9. The summed E-state index contributed by atoms with van der Waals surface area (Å²) >= 11 is 0. The first-order valence-electron chi connectivity index (χ1n) is 6.18. The van der Waals surface area contributed by atoms with Crippen LogP contribution in [0.3, 0.4) is 0 Å². The van der Waals surface area contributed by atoms with Crippen molar-refractivity contribution < 1.29 is 4.79 Å². The average molecular weight is 255 g/mol. The lowest BCUT2D eigenvalue weighted by Gasteiger charge is -2.13. The molecule has 0 saturated carbocycles. The third-order valence-corrected chi connectivity index (χ3v) is 2.93. The molecule has 0 radical (unpaired) electrons. The van der Waals surface area contributed by atoms with Crippen molar-refractivity contribution in [3.8, 4) is 0 Å². The fraction of sp³-hybridized carbons (Fsp3) is 0.200. The Kier molecular flexibility index (Phi) is 4.26. The van der Waals surface area contributed by atoms with Crippen LogP contribution in [0, 0.1) is 6.92 Å². The predicted octanol–water partition coefficient (Wildman–Crippen LogP) is 1.90. The number of benzene rings is 1. The van der Waals surface area contributed by atoms with Crippen molar-refractivity contribution in [2.24, 2.45) is 5.73 Å². The lowest BCUT2D eigenvalue weighted by atomic mass is 10.1. The Morgan fingerprint density at radius 1 is 1.32 bits per heavy atom. The number of pyridine rings is 1. The second-order valence-electron chi connectivity index (χ2n) is 4.48. The van der Waals surface area contributed by atoms with Crippen molar-refractivity contribution in [2.75, 3.05) is 5.32 Å². The van der Waals surface area contributed by atoms with Crippen molar-refractivity contribution in [1.82, 2.24) is 4.98 Å². The van der Waals surface area contributed by atoms with Crippen molar-refractivity contribution in [3.05, 3.63) is 59.9 Å². The number of amides is 1. The molecular formula is C15H17N3O. The zero-order valence-electron chi connectivity index (χ0n) is 10.8. The molecule has 4 heteroatoms. The van der Waals surface area contributed by atoms with Crippen LogP contribution in [-0.4, -0.2) is 16.9 Å². The predicted molar refractivity (Wildman–Crippen MR) is 75.7 cm³/mol. The highest BCUT2D eigenvalue weighted by atomic mass is 16.2. The van der Waals surface area contributed by atoms with Crippen LogP contribution >= 0.6 is 0 Å². The number of nitrogens with two attached hydrogens (primary N) is 1. The maximum atomic E-state index is 12.0. The van der Waals surface area contributed by atoms with Crippen LogP contribution in [0.4, 0.5) is 5.69 Å². The molecule has 0 aliphatic rings. The van der Waals surface area contributed by atoms with Crippen LogP contribution in [0.2, 0.25) is 0 Å². The monoisotopic (exact) mass is 255 g/mol. The molecule has 0 spiro atoms. The van der Waals surface area contributed by atoms with Crippen LogP contribution in [0.1, 0.15) is 11.1 Å². The van der Waals surface area contributed by atoms with Crippen LogP contribution in [0.25, 0.3) is 0 Å². The van der Waals surface area contributed by atoms with E-state index in [2.05, 4.69) is 10.3 Å². The van der Waals surface area contributed by atoms with Gasteiger partial charge in [-0.3, -0.25) is 9.78 Å². The fourth-order valence-corrected chi connectivity index (χ4v) is 1.78. The topological polar surface area (TPSA) is 68.0 Å². The van der Waals surface area contributed by atoms with E-state index in [9.17, 15) is 4.79 Å². The zero-order chi connectivity index (χ0) is 13.7. The van der Waals surface area contributed by atoms with Gasteiger partial charge in [0.1, 0.15) is 0 Å². The molecule has 19 heavy (non-hydrogen) atoms. The molecule has 0 aliphatic heterocycles. The van der Waals surface area contributed by atoms with Gasteiger partial charge in [-0.25, -0.2) is 0 Å². The van der Waals surface area contributed by atoms with E-state index in [0.29, 0.717) is 12.1 Å². The highest BCUT2D eigenvalue weighted by Gasteiger charge is 2.14. The van der Waals surface area contributed by atoms with Crippen LogP contribution < -0.4 is 11.1 Å². The van der Waals surface area contributed by atoms with Gasteiger partial charge in [0, 0.05) is 6.20 Å². The van der Waals surface area contributed by atoms with Gasteiger partial charge in [0.15, 0.2) is 0 Å². The standard InChI is InChI=1S/C15H17N3O/c1-11-7-8-17-10-14(11)18-15(19)13(16)9-12-5-3-2-4-6-12/h2-8,10,13H,9,16H2,1H3,(H,18,19)/t13-/m1/s1. The Morgan fingerprint density at radius 2 is 2.05 bits per heavy atom. The van der Waals surface area contributed by atoms with E-state index < -0.39 is 6.04 Å². The maximum Gasteiger partial charge on any atom is 0.241 e. The number of anilines is 1. The van der Waals surface area contributed by atoms with Gasteiger partial charge >= 0.3 is 0 Å². The first-order chi connectivity index (χ1) is 9.16. The van der Waals surface area contributed by atoms with E-state index in [-0.39, 0.29) is 5.91 Å². The van der Waals surface area contributed by atoms with E-state index in [1.54, 1.807) is 12.4 Å². The molecule has 98 valence electrons. The molecule has 0 saturated heterocycles. The quantitative estimate of drug-likeness (QED) is 0.876. The molecule has 0 fully saturated rings. The third kappa shape index (κ3) is 3.63. The Bertz CT molecular complexity index is 554. The second kappa shape index (κ2) is 6.11. The summed E-state index contributed by atoms with van der Waals surface area (Å²) < 4.78 is 0. The van der Waals surface area contributed by atoms with Gasteiger partial charge in [0.2, 0.25) is 5.91 Å². The lowest BCUT2D eigenvalue weighted by Crippen LogP contribution is -2.37. The molecule has 1 atom stereocenters. The Labute approximate surface area is 112 Å². The number of carbonyl (C=O) groups excluding carboxylic acids is 1. The van der Waals surface area contributed by atoms with Crippen molar-refractivity contribution in [3.63, 3.8) is 0 Å². The molecule has 0 unspecified atom stereocenters. The molecule has 4 nitrogen and oxygen atoms in total. The summed E-state index contributed by atoms with van der Waals surface area (Å²) in [4.78, 5) is 16.0. The van der Waals surface area contributed by atoms with E-state index in [1.807, 2.05) is 43.3 Å². The summed E-state index contributed by atoms with van der Waals surface area (Å²) in [6, 6.07) is 11.0. The molecule has 2 rings (SSSR count). The van der Waals surface area contributed by atoms with Crippen LogP contribution in [0.5, 0.6) is 0 Å². The van der Waals surface area contributed by atoms with E-state index in [4.69, 9.17) is 5.73 Å². The molecule has 2 aromatic rings. The largest absolute Gasteiger partial charge is 0.323 e. The molecule has 1 aromatic heterocycles. The molecule has 0 bridgehead atoms. The van der Waals surface area contributed by atoms with Crippen molar-refractivity contribution in [1.29, 1.82) is 0 Å². The first-order valence-corrected chi connectivity index (χ1v) is 6.18. The number of hydrogen-bond acceptors (Lipinski definition) is 3. The lowest BCUT2D eigenvalue weighted by molar-refractivity contribution is -0.117. The number of carbonyl (C=O) groups is 1. The zero-order valence-corrected chi connectivity index (χ0v) is 10.8. The summed E-state index contributed by atoms with van der Waals surface area (Å²) in [6.07, 6.45) is 3.84. The number of nitrogens with one attached hydrogen (secondary N) is 1. The summed E-state index contributed by atoms with van der Waals surface area (Å²) in [6.45, 7) is 1.92. The van der Waals surface area contributed by atoms with E-state index in [0.717, 1.165) is 11.1 Å². The fourth-order valence-electron chi connectivity index (χ4n) is 1.78. The minimum atomic E-state index is -0.568. The first kappa shape index (κ1) is 13.2. The van der Waals surface area contributed by atoms with Gasteiger partial charge in [-0.05, 0) is 30.5 Å². The third-order valence-electron chi connectivity index (χ3n) is 2.93. The molecule has 3 N–H and O–H groups in total. The van der Waals surface area contributed by atoms with Gasteiger partial charge < -0.3 is 11.1 Å². The van der Waals surface area contributed by atoms with Crippen molar-refractivity contribution >= 4 is 11.6 Å². The maximum absolute atomic E-state index is 12.0. The number of rotatable bonds is 4. The van der Waals surface area contributed by atoms with Gasteiger partial charge in [-0.2, -0.15) is 0 Å². The summed E-state index contributed by atoms with van der Waals surface area (Å²) in [5.41, 5.74) is 8.64. The number of aromatic nitrogens is 1. The van der Waals surface area contributed by atoms with E-state index in [1.165, 1.54) is 0 Å². The van der Waals surface area contributed by atoms with Gasteiger partial charge in [-0.1, -0.05) is 30.3 Å². The Morgan fingerprint density at radius 3 is 2.74 bits per heavy atom. The summed E-state index contributed by atoms with van der Waals surface area (Å²) in [5.74, 6) is -0.194. The van der Waals surface area contributed by atoms with Gasteiger partial charge in [0.05, 0.1) is 17.9 Å². The van der Waals surface area contributed by atoms with Gasteiger partial charge in [0.25, 0.3) is 0 Å². The minimum absolute atomic E-state index is 0.194. The molecule has 1 amide bonds. The number of hydrogen-bond donors (Lipinski definition) is 2. The van der Waals surface area contributed by atoms with Crippen molar-refractivity contribution in [2.45, 2.75) is 19.4 Å². The van der Waals surface area contributed by atoms with Crippen LogP contribution in [0.15, 0.2) is 48.8 Å². The molecule has 0 aliphatic carbocycles. The molecule has 1 heterocycles. The number of nitrogens with zero attached hydrogens (tertiary/aromatic N) is 1. The molecule has 1 aromatic carbocycles. The summed E-state index contributed by atoms with van der Waals surface area (Å²) in [7, 11) is 0. The highest BCUT2D eigenvalue weighted by Crippen LogP contribution is 2.12. The van der Waals surface area contributed by atoms with E-state index >= 15 is 0 Å². The number of aryl methyl sites for hydroxylation is 1. The Balaban J connectivity index is 1.99. The molecular weight excluding hydrogens is 238 g/mol. The SMILES string of the molecule is Cc1ccncc1NC(=O)[C@H](N)Cc1ccccc1. The highest BCUT2D eigenvalue weighted by molar-refractivity contribution is 5.95. The van der Waals surface area contributed by atoms with Crippen LogP contribution in [-0.2, 0) is 11.2 Å². The average Bonchev–Trinajstić information content (AvgIpc) is 2.42. The Hall–Kier alpha value is -2.20. The summed E-state index contributed by atoms with van der Waals surface area (Å²) in [5, 5.41) is 2.80. The van der Waals surface area contributed by atoms with Gasteiger partial charge in [-0.15, -0.1) is 0 Å².